The quantitative estimate of drug-likeness (QED) is 0.229. The van der Waals surface area contributed by atoms with Gasteiger partial charge in [-0.3, -0.25) is 0 Å². The Hall–Kier alpha value is -2.52. The lowest BCUT2D eigenvalue weighted by atomic mass is 10.2. The molecular formula is C28H38N2O6. The first-order valence-electron chi connectivity index (χ1n) is 13.1. The van der Waals surface area contributed by atoms with E-state index >= 15 is 0 Å². The lowest BCUT2D eigenvalue weighted by Crippen LogP contribution is -2.31. The van der Waals surface area contributed by atoms with Gasteiger partial charge in [-0.15, -0.1) is 0 Å². The van der Waals surface area contributed by atoms with E-state index in [2.05, 4.69) is 34.1 Å². The van der Waals surface area contributed by atoms with Crippen molar-refractivity contribution in [3.63, 3.8) is 0 Å². The van der Waals surface area contributed by atoms with Gasteiger partial charge in [-0.05, 0) is 55.0 Å². The molecule has 0 radical (unpaired) electrons. The molecule has 3 saturated heterocycles. The molecule has 196 valence electrons. The number of methoxy groups -OCH3 is 1. The van der Waals surface area contributed by atoms with Crippen LogP contribution in [0.3, 0.4) is 0 Å². The maximum Gasteiger partial charge on any atom is 0.119 e. The maximum absolute atomic E-state index is 5.93. The van der Waals surface area contributed by atoms with E-state index in [1.165, 1.54) is 11.4 Å². The smallest absolute Gasteiger partial charge is 0.119 e. The molecule has 0 saturated carbocycles. The molecule has 8 heteroatoms. The van der Waals surface area contributed by atoms with Crippen LogP contribution in [-0.2, 0) is 18.9 Å². The zero-order valence-corrected chi connectivity index (χ0v) is 21.2. The van der Waals surface area contributed by atoms with Gasteiger partial charge in [0.25, 0.3) is 0 Å². The van der Waals surface area contributed by atoms with Crippen LogP contribution in [0.5, 0.6) is 11.5 Å². The normalized spacial score (nSPS) is 21.6. The van der Waals surface area contributed by atoms with Crippen molar-refractivity contribution in [3.05, 3.63) is 48.5 Å². The van der Waals surface area contributed by atoms with Gasteiger partial charge < -0.3 is 38.2 Å². The number of nitrogens with zero attached hydrogens (tertiary/aromatic N) is 2. The average molecular weight is 499 g/mol. The summed E-state index contributed by atoms with van der Waals surface area (Å²) in [6.07, 6.45) is 2.87. The van der Waals surface area contributed by atoms with Crippen molar-refractivity contribution in [1.29, 1.82) is 0 Å². The van der Waals surface area contributed by atoms with Crippen LogP contribution in [0, 0.1) is 0 Å². The van der Waals surface area contributed by atoms with Gasteiger partial charge in [0.05, 0.1) is 51.3 Å². The van der Waals surface area contributed by atoms with Crippen molar-refractivity contribution < 1.29 is 28.4 Å². The molecule has 36 heavy (non-hydrogen) atoms. The number of hydrogen-bond acceptors (Lipinski definition) is 8. The minimum atomic E-state index is 0.355. The Balaban J connectivity index is 1.01. The molecule has 0 N–H and O–H groups in total. The fourth-order valence-corrected chi connectivity index (χ4v) is 4.21. The zero-order valence-electron chi connectivity index (χ0n) is 21.2. The zero-order chi connectivity index (χ0) is 24.6. The summed E-state index contributed by atoms with van der Waals surface area (Å²) in [5.74, 6) is 1.75. The summed E-state index contributed by atoms with van der Waals surface area (Å²) in [5, 5.41) is 0. The molecule has 3 unspecified atom stereocenters. The van der Waals surface area contributed by atoms with E-state index in [1.807, 2.05) is 24.3 Å². The molecule has 3 heterocycles. The summed E-state index contributed by atoms with van der Waals surface area (Å²) >= 11 is 0. The number of ether oxygens (including phenoxy) is 6. The monoisotopic (exact) mass is 498 g/mol. The number of epoxide rings is 3. The number of hydrogen-bond donors (Lipinski definition) is 0. The average Bonchev–Trinajstić information content (AvgIpc) is 3.74. The van der Waals surface area contributed by atoms with E-state index in [4.69, 9.17) is 28.4 Å². The fraction of sp³-hybridized carbons (Fsp3) is 0.571. The molecular weight excluding hydrogens is 460 g/mol. The summed E-state index contributed by atoms with van der Waals surface area (Å²) in [6, 6.07) is 16.6. The lowest BCUT2D eigenvalue weighted by Gasteiger charge is -2.24. The molecule has 3 aliphatic rings. The molecule has 0 bridgehead atoms. The van der Waals surface area contributed by atoms with Crippen molar-refractivity contribution >= 4 is 11.4 Å². The van der Waals surface area contributed by atoms with Crippen molar-refractivity contribution in [2.75, 3.05) is 82.7 Å². The highest BCUT2D eigenvalue weighted by atomic mass is 16.6. The molecule has 3 atom stereocenters. The summed E-state index contributed by atoms with van der Waals surface area (Å²) in [4.78, 5) is 4.70. The van der Waals surface area contributed by atoms with E-state index in [-0.39, 0.29) is 0 Å². The molecule has 2 aromatic rings. The van der Waals surface area contributed by atoms with Crippen molar-refractivity contribution in [1.82, 2.24) is 0 Å². The predicted molar refractivity (Wildman–Crippen MR) is 139 cm³/mol. The van der Waals surface area contributed by atoms with Gasteiger partial charge in [0.1, 0.15) is 11.5 Å². The number of anilines is 2. The van der Waals surface area contributed by atoms with E-state index in [0.717, 1.165) is 76.9 Å². The molecule has 3 fully saturated rings. The largest absolute Gasteiger partial charge is 0.493 e. The minimum Gasteiger partial charge on any atom is -0.493 e. The molecule has 0 spiro atoms. The van der Waals surface area contributed by atoms with E-state index in [0.29, 0.717) is 31.5 Å². The second-order valence-corrected chi connectivity index (χ2v) is 9.60. The maximum atomic E-state index is 5.93. The van der Waals surface area contributed by atoms with Gasteiger partial charge in [-0.25, -0.2) is 0 Å². The Kier molecular flexibility index (Phi) is 8.82. The Bertz CT molecular complexity index is 899. The molecule has 0 aromatic heterocycles. The highest BCUT2D eigenvalue weighted by Gasteiger charge is 2.31. The predicted octanol–water partition coefficient (Wildman–Crippen LogP) is 3.38. The Morgan fingerprint density at radius 1 is 0.639 bits per heavy atom. The molecule has 8 nitrogen and oxygen atoms in total. The fourth-order valence-electron chi connectivity index (χ4n) is 4.21. The first-order valence-corrected chi connectivity index (χ1v) is 13.1. The first-order chi connectivity index (χ1) is 17.8. The lowest BCUT2D eigenvalue weighted by molar-refractivity contribution is 0.196. The number of benzene rings is 2. The van der Waals surface area contributed by atoms with Gasteiger partial charge in [-0.1, -0.05) is 0 Å². The Labute approximate surface area is 214 Å². The van der Waals surface area contributed by atoms with Crippen molar-refractivity contribution in [2.24, 2.45) is 0 Å². The van der Waals surface area contributed by atoms with Crippen LogP contribution >= 0.6 is 0 Å². The van der Waals surface area contributed by atoms with Crippen LogP contribution in [0.2, 0.25) is 0 Å². The standard InChI is InChI=1S/C28H38N2O6/c1-31-13-2-12-29(16-26-19-34-26)22-4-8-24(9-5-22)32-14-3-15-33-25-10-6-23(7-11-25)30(17-27-20-35-27)18-28-21-36-28/h4-11,26-28H,2-3,12-21H2,1H3. The van der Waals surface area contributed by atoms with Gasteiger partial charge in [0.15, 0.2) is 0 Å². The molecule has 5 rings (SSSR count). The third-order valence-corrected chi connectivity index (χ3v) is 6.49. The SMILES string of the molecule is COCCCN(CC1CO1)c1ccc(OCCCOc2ccc(N(CC3CO3)CC3CO3)cc2)cc1. The van der Waals surface area contributed by atoms with Gasteiger partial charge >= 0.3 is 0 Å². The molecule has 3 aliphatic heterocycles. The second-order valence-electron chi connectivity index (χ2n) is 9.60. The van der Waals surface area contributed by atoms with Gasteiger partial charge in [0, 0.05) is 57.7 Å². The highest BCUT2D eigenvalue weighted by molar-refractivity contribution is 5.50. The molecule has 0 amide bonds. The third-order valence-electron chi connectivity index (χ3n) is 6.49. The van der Waals surface area contributed by atoms with E-state index in [9.17, 15) is 0 Å². The third kappa shape index (κ3) is 8.27. The van der Waals surface area contributed by atoms with Gasteiger partial charge in [-0.2, -0.15) is 0 Å². The van der Waals surface area contributed by atoms with Crippen LogP contribution in [0.15, 0.2) is 48.5 Å². The first kappa shape index (κ1) is 25.1. The summed E-state index contributed by atoms with van der Waals surface area (Å²) in [6.45, 7) is 8.27. The van der Waals surface area contributed by atoms with Crippen molar-refractivity contribution in [2.45, 2.75) is 31.2 Å². The van der Waals surface area contributed by atoms with E-state index < -0.39 is 0 Å². The van der Waals surface area contributed by atoms with Crippen LogP contribution in [0.4, 0.5) is 11.4 Å². The highest BCUT2D eigenvalue weighted by Crippen LogP contribution is 2.25. The minimum absolute atomic E-state index is 0.355. The van der Waals surface area contributed by atoms with E-state index in [1.54, 1.807) is 7.11 Å². The molecule has 0 aliphatic carbocycles. The van der Waals surface area contributed by atoms with Crippen LogP contribution in [0.1, 0.15) is 12.8 Å². The summed E-state index contributed by atoms with van der Waals surface area (Å²) in [7, 11) is 1.74. The van der Waals surface area contributed by atoms with Crippen molar-refractivity contribution in [3.8, 4) is 11.5 Å². The van der Waals surface area contributed by atoms with Crippen LogP contribution in [0.25, 0.3) is 0 Å². The summed E-state index contributed by atoms with van der Waals surface area (Å²) < 4.78 is 33.3. The van der Waals surface area contributed by atoms with Gasteiger partial charge in [0.2, 0.25) is 0 Å². The van der Waals surface area contributed by atoms with Crippen LogP contribution < -0.4 is 19.3 Å². The molecule has 2 aromatic carbocycles. The topological polar surface area (TPSA) is 71.8 Å². The second kappa shape index (κ2) is 12.6. The van der Waals surface area contributed by atoms with Crippen LogP contribution in [-0.4, -0.2) is 91.2 Å². The Morgan fingerprint density at radius 2 is 1.08 bits per heavy atom. The Morgan fingerprint density at radius 3 is 1.53 bits per heavy atom. The summed E-state index contributed by atoms with van der Waals surface area (Å²) in [5.41, 5.74) is 2.37. The number of rotatable bonds is 18.